The molecular weight excluding hydrogens is 298 g/mol. The Bertz CT molecular complexity index is 669. The fourth-order valence-corrected chi connectivity index (χ4v) is 3.22. The topological polar surface area (TPSA) is 36.4 Å². The quantitative estimate of drug-likeness (QED) is 0.863. The van der Waals surface area contributed by atoms with Crippen molar-refractivity contribution >= 4 is 11.6 Å². The first kappa shape index (κ1) is 16.5. The van der Waals surface area contributed by atoms with E-state index in [2.05, 4.69) is 28.9 Å². The summed E-state index contributed by atoms with van der Waals surface area (Å²) in [5.41, 5.74) is 2.81. The van der Waals surface area contributed by atoms with Gasteiger partial charge in [0, 0.05) is 26.7 Å². The van der Waals surface area contributed by atoms with Crippen molar-refractivity contribution in [1.82, 2.24) is 9.88 Å². The summed E-state index contributed by atoms with van der Waals surface area (Å²) in [4.78, 5) is 21.0. The fourth-order valence-electron chi connectivity index (χ4n) is 3.22. The third kappa shape index (κ3) is 3.94. The summed E-state index contributed by atoms with van der Waals surface area (Å²) < 4.78 is 0. The number of amides is 1. The van der Waals surface area contributed by atoms with Crippen molar-refractivity contribution in [1.29, 1.82) is 0 Å². The Hall–Kier alpha value is -2.36. The van der Waals surface area contributed by atoms with Gasteiger partial charge in [0.05, 0.1) is 11.9 Å². The Kier molecular flexibility index (Phi) is 5.14. The van der Waals surface area contributed by atoms with E-state index in [9.17, 15) is 4.79 Å². The minimum atomic E-state index is 0.0545. The summed E-state index contributed by atoms with van der Waals surface area (Å²) in [7, 11) is 2.04. The number of aromatic nitrogens is 1. The van der Waals surface area contributed by atoms with Gasteiger partial charge in [-0.3, -0.25) is 4.79 Å². The van der Waals surface area contributed by atoms with Crippen LogP contribution in [0.5, 0.6) is 0 Å². The second-order valence-electron chi connectivity index (χ2n) is 6.74. The standard InChI is InChI=1S/C20H25N3O/c1-16-7-6-12-23(14-16)20(24)19-11-10-18(13-21-19)22(2)15-17-8-4-3-5-9-17/h3-5,8-11,13,16H,6-7,12,14-15H2,1-2H3. The van der Waals surface area contributed by atoms with Gasteiger partial charge in [0.25, 0.3) is 5.91 Å². The number of likely N-dealkylation sites (tertiary alicyclic amines) is 1. The van der Waals surface area contributed by atoms with Crippen molar-refractivity contribution in [3.63, 3.8) is 0 Å². The van der Waals surface area contributed by atoms with Gasteiger partial charge in [0.2, 0.25) is 0 Å². The van der Waals surface area contributed by atoms with Crippen LogP contribution in [0.2, 0.25) is 0 Å². The molecule has 1 aromatic heterocycles. The maximum absolute atomic E-state index is 12.6. The Balaban J connectivity index is 1.65. The zero-order valence-electron chi connectivity index (χ0n) is 14.5. The van der Waals surface area contributed by atoms with Gasteiger partial charge in [-0.05, 0) is 36.5 Å². The third-order valence-electron chi connectivity index (χ3n) is 4.61. The van der Waals surface area contributed by atoms with Crippen LogP contribution in [-0.2, 0) is 6.54 Å². The summed E-state index contributed by atoms with van der Waals surface area (Å²) in [5, 5.41) is 0. The lowest BCUT2D eigenvalue weighted by Gasteiger charge is -2.30. The van der Waals surface area contributed by atoms with E-state index in [1.165, 1.54) is 12.0 Å². The van der Waals surface area contributed by atoms with Crippen molar-refractivity contribution in [3.8, 4) is 0 Å². The Morgan fingerprint density at radius 1 is 1.25 bits per heavy atom. The van der Waals surface area contributed by atoms with E-state index in [0.29, 0.717) is 11.6 Å². The number of hydrogen-bond acceptors (Lipinski definition) is 3. The number of pyridine rings is 1. The number of carbonyl (C=O) groups excluding carboxylic acids is 1. The van der Waals surface area contributed by atoms with E-state index >= 15 is 0 Å². The molecule has 4 heteroatoms. The minimum Gasteiger partial charge on any atom is -0.369 e. The smallest absolute Gasteiger partial charge is 0.272 e. The minimum absolute atomic E-state index is 0.0545. The predicted molar refractivity (Wildman–Crippen MR) is 97.1 cm³/mol. The molecule has 0 bridgehead atoms. The molecule has 126 valence electrons. The lowest BCUT2D eigenvalue weighted by Crippen LogP contribution is -2.39. The molecule has 3 rings (SSSR count). The van der Waals surface area contributed by atoms with Gasteiger partial charge in [-0.2, -0.15) is 0 Å². The van der Waals surface area contributed by atoms with Crippen LogP contribution in [0.25, 0.3) is 0 Å². The maximum atomic E-state index is 12.6. The lowest BCUT2D eigenvalue weighted by molar-refractivity contribution is 0.0677. The first-order valence-electron chi connectivity index (χ1n) is 8.64. The molecule has 0 aliphatic carbocycles. The molecule has 1 saturated heterocycles. The summed E-state index contributed by atoms with van der Waals surface area (Å²) in [5.74, 6) is 0.637. The number of piperidine rings is 1. The summed E-state index contributed by atoms with van der Waals surface area (Å²) in [6.45, 7) is 4.71. The second-order valence-corrected chi connectivity index (χ2v) is 6.74. The number of hydrogen-bond donors (Lipinski definition) is 0. The molecule has 24 heavy (non-hydrogen) atoms. The molecule has 1 unspecified atom stereocenters. The van der Waals surface area contributed by atoms with Gasteiger partial charge in [0.15, 0.2) is 0 Å². The first-order chi connectivity index (χ1) is 11.6. The molecule has 1 atom stereocenters. The molecule has 1 fully saturated rings. The monoisotopic (exact) mass is 323 g/mol. The highest BCUT2D eigenvalue weighted by molar-refractivity contribution is 5.92. The highest BCUT2D eigenvalue weighted by Crippen LogP contribution is 2.19. The highest BCUT2D eigenvalue weighted by Gasteiger charge is 2.22. The Labute approximate surface area is 144 Å². The summed E-state index contributed by atoms with van der Waals surface area (Å²) in [6.07, 6.45) is 4.09. The molecular formula is C20H25N3O. The van der Waals surface area contributed by atoms with Crippen molar-refractivity contribution in [2.45, 2.75) is 26.3 Å². The maximum Gasteiger partial charge on any atom is 0.272 e. The van der Waals surface area contributed by atoms with E-state index in [0.717, 1.165) is 31.7 Å². The van der Waals surface area contributed by atoms with E-state index in [1.807, 2.05) is 42.3 Å². The molecule has 0 spiro atoms. The van der Waals surface area contributed by atoms with E-state index in [-0.39, 0.29) is 5.91 Å². The number of benzene rings is 1. The zero-order valence-corrected chi connectivity index (χ0v) is 14.5. The molecule has 0 saturated carbocycles. The number of anilines is 1. The normalized spacial score (nSPS) is 17.6. The Morgan fingerprint density at radius 2 is 2.04 bits per heavy atom. The number of nitrogens with zero attached hydrogens (tertiary/aromatic N) is 3. The average Bonchev–Trinajstić information content (AvgIpc) is 2.62. The molecule has 0 radical (unpaired) electrons. The van der Waals surface area contributed by atoms with Gasteiger partial charge in [-0.25, -0.2) is 4.98 Å². The van der Waals surface area contributed by atoms with Gasteiger partial charge in [-0.15, -0.1) is 0 Å². The van der Waals surface area contributed by atoms with Crippen molar-refractivity contribution in [3.05, 3.63) is 59.9 Å². The second kappa shape index (κ2) is 7.47. The van der Waals surface area contributed by atoms with Crippen LogP contribution in [0.15, 0.2) is 48.7 Å². The molecule has 1 aliphatic rings. The van der Waals surface area contributed by atoms with Crippen LogP contribution in [0.4, 0.5) is 5.69 Å². The van der Waals surface area contributed by atoms with Crippen molar-refractivity contribution in [2.75, 3.05) is 25.0 Å². The number of carbonyl (C=O) groups is 1. The highest BCUT2D eigenvalue weighted by atomic mass is 16.2. The largest absolute Gasteiger partial charge is 0.369 e. The van der Waals surface area contributed by atoms with Gasteiger partial charge < -0.3 is 9.80 Å². The SMILES string of the molecule is CC1CCCN(C(=O)c2ccc(N(C)Cc3ccccc3)cn2)C1. The van der Waals surface area contributed by atoms with Gasteiger partial charge >= 0.3 is 0 Å². The Morgan fingerprint density at radius 3 is 2.71 bits per heavy atom. The molecule has 1 aliphatic heterocycles. The van der Waals surface area contributed by atoms with Crippen molar-refractivity contribution in [2.24, 2.45) is 5.92 Å². The van der Waals surface area contributed by atoms with Gasteiger partial charge in [0.1, 0.15) is 5.69 Å². The zero-order chi connectivity index (χ0) is 16.9. The summed E-state index contributed by atoms with van der Waals surface area (Å²) in [6, 6.07) is 14.2. The third-order valence-corrected chi connectivity index (χ3v) is 4.61. The van der Waals surface area contributed by atoms with Crippen molar-refractivity contribution < 1.29 is 4.79 Å². The van der Waals surface area contributed by atoms with E-state index in [4.69, 9.17) is 0 Å². The molecule has 1 aromatic carbocycles. The van der Waals surface area contributed by atoms with Crippen LogP contribution in [0, 0.1) is 5.92 Å². The summed E-state index contributed by atoms with van der Waals surface area (Å²) >= 11 is 0. The predicted octanol–water partition coefficient (Wildman–Crippen LogP) is 3.59. The van der Waals surface area contributed by atoms with Crippen LogP contribution in [0.3, 0.4) is 0 Å². The molecule has 2 heterocycles. The van der Waals surface area contributed by atoms with E-state index < -0.39 is 0 Å². The lowest BCUT2D eigenvalue weighted by atomic mass is 10.00. The average molecular weight is 323 g/mol. The van der Waals surface area contributed by atoms with Gasteiger partial charge in [-0.1, -0.05) is 37.3 Å². The number of rotatable bonds is 4. The van der Waals surface area contributed by atoms with Crippen LogP contribution < -0.4 is 4.90 Å². The molecule has 1 amide bonds. The molecule has 2 aromatic rings. The first-order valence-corrected chi connectivity index (χ1v) is 8.64. The van der Waals surface area contributed by atoms with Crippen LogP contribution >= 0.6 is 0 Å². The van der Waals surface area contributed by atoms with Crippen LogP contribution in [-0.4, -0.2) is 35.9 Å². The van der Waals surface area contributed by atoms with E-state index in [1.54, 1.807) is 6.20 Å². The molecule has 4 nitrogen and oxygen atoms in total. The molecule has 0 N–H and O–H groups in total. The fraction of sp³-hybridized carbons (Fsp3) is 0.400. The van der Waals surface area contributed by atoms with Crippen LogP contribution in [0.1, 0.15) is 35.8 Å².